The fraction of sp³-hybridized carbons (Fsp3) is 0.429. The predicted molar refractivity (Wildman–Crippen MR) is 72.4 cm³/mol. The molecule has 0 aromatic heterocycles. The summed E-state index contributed by atoms with van der Waals surface area (Å²) in [6.07, 6.45) is -0.0789. The van der Waals surface area contributed by atoms with Crippen LogP contribution in [0, 0.1) is 5.92 Å². The van der Waals surface area contributed by atoms with E-state index in [0.29, 0.717) is 11.4 Å². The Bertz CT molecular complexity index is 439. The Morgan fingerprint density at radius 2 is 1.84 bits per heavy atom. The maximum absolute atomic E-state index is 12.1. The largest absolute Gasteiger partial charge is 0.497 e. The van der Waals surface area contributed by atoms with E-state index in [1.807, 2.05) is 0 Å². The quantitative estimate of drug-likeness (QED) is 0.856. The van der Waals surface area contributed by atoms with Crippen LogP contribution in [0.1, 0.15) is 20.3 Å². The normalized spacial score (nSPS) is 10.3. The molecular formula is C14H19NO4. The van der Waals surface area contributed by atoms with Gasteiger partial charge < -0.3 is 14.7 Å². The van der Waals surface area contributed by atoms with Crippen molar-refractivity contribution in [2.45, 2.75) is 20.3 Å². The Balaban J connectivity index is 2.93. The first-order chi connectivity index (χ1) is 8.95. The van der Waals surface area contributed by atoms with Crippen LogP contribution in [0.3, 0.4) is 0 Å². The summed E-state index contributed by atoms with van der Waals surface area (Å²) >= 11 is 0. The van der Waals surface area contributed by atoms with Crippen LogP contribution in [0.5, 0.6) is 5.75 Å². The first-order valence-electron chi connectivity index (χ1n) is 6.13. The lowest BCUT2D eigenvalue weighted by Gasteiger charge is -2.24. The van der Waals surface area contributed by atoms with Gasteiger partial charge in [0.1, 0.15) is 5.75 Å². The predicted octanol–water partition coefficient (Wildman–Crippen LogP) is 2.16. The molecule has 0 aliphatic carbocycles. The SMILES string of the molecule is COc1ccc(N(CCC(=O)O)C(=O)C(C)C)cc1. The minimum Gasteiger partial charge on any atom is -0.497 e. The zero-order valence-electron chi connectivity index (χ0n) is 11.4. The molecule has 0 atom stereocenters. The van der Waals surface area contributed by atoms with Gasteiger partial charge in [0.25, 0.3) is 0 Å². The van der Waals surface area contributed by atoms with Gasteiger partial charge in [0, 0.05) is 18.2 Å². The number of hydrogen-bond donors (Lipinski definition) is 1. The number of carboxylic acids is 1. The molecule has 0 spiro atoms. The molecule has 5 heteroatoms. The van der Waals surface area contributed by atoms with E-state index in [9.17, 15) is 9.59 Å². The number of methoxy groups -OCH3 is 1. The van der Waals surface area contributed by atoms with Gasteiger partial charge in [-0.2, -0.15) is 0 Å². The molecule has 0 saturated carbocycles. The first-order valence-corrected chi connectivity index (χ1v) is 6.13. The molecule has 0 fully saturated rings. The Morgan fingerprint density at radius 1 is 1.26 bits per heavy atom. The van der Waals surface area contributed by atoms with E-state index < -0.39 is 5.97 Å². The van der Waals surface area contributed by atoms with Crippen LogP contribution in [0.25, 0.3) is 0 Å². The van der Waals surface area contributed by atoms with Crippen molar-refractivity contribution in [3.05, 3.63) is 24.3 Å². The average Bonchev–Trinajstić information content (AvgIpc) is 2.39. The number of hydrogen-bond acceptors (Lipinski definition) is 3. The van der Waals surface area contributed by atoms with Crippen molar-refractivity contribution >= 4 is 17.6 Å². The highest BCUT2D eigenvalue weighted by Crippen LogP contribution is 2.21. The standard InChI is InChI=1S/C14H19NO4/c1-10(2)14(18)15(9-8-13(16)17)11-4-6-12(19-3)7-5-11/h4-7,10H,8-9H2,1-3H3,(H,16,17). The number of anilines is 1. The smallest absolute Gasteiger partial charge is 0.305 e. The molecule has 0 saturated heterocycles. The fourth-order valence-corrected chi connectivity index (χ4v) is 1.65. The van der Waals surface area contributed by atoms with Crippen LogP contribution in [0.4, 0.5) is 5.69 Å². The zero-order valence-corrected chi connectivity index (χ0v) is 11.4. The van der Waals surface area contributed by atoms with E-state index >= 15 is 0 Å². The van der Waals surface area contributed by atoms with Gasteiger partial charge >= 0.3 is 5.97 Å². The van der Waals surface area contributed by atoms with Crippen LogP contribution in [-0.4, -0.2) is 30.6 Å². The van der Waals surface area contributed by atoms with E-state index in [1.54, 1.807) is 45.2 Å². The molecular weight excluding hydrogens is 246 g/mol. The molecule has 0 aliphatic rings. The number of nitrogens with zero attached hydrogens (tertiary/aromatic N) is 1. The number of carbonyl (C=O) groups is 2. The van der Waals surface area contributed by atoms with Gasteiger partial charge in [-0.05, 0) is 24.3 Å². The molecule has 19 heavy (non-hydrogen) atoms. The van der Waals surface area contributed by atoms with Gasteiger partial charge in [-0.25, -0.2) is 0 Å². The lowest BCUT2D eigenvalue weighted by Crippen LogP contribution is -2.36. The summed E-state index contributed by atoms with van der Waals surface area (Å²) in [6.45, 7) is 3.75. The number of rotatable bonds is 6. The summed E-state index contributed by atoms with van der Waals surface area (Å²) in [5.74, 6) is -0.503. The molecule has 1 rings (SSSR count). The second-order valence-corrected chi connectivity index (χ2v) is 4.49. The van der Waals surface area contributed by atoms with Crippen LogP contribution >= 0.6 is 0 Å². The number of ether oxygens (including phenoxy) is 1. The topological polar surface area (TPSA) is 66.8 Å². The first kappa shape index (κ1) is 15.0. The van der Waals surface area contributed by atoms with Gasteiger partial charge in [-0.15, -0.1) is 0 Å². The molecule has 5 nitrogen and oxygen atoms in total. The molecule has 1 amide bonds. The van der Waals surface area contributed by atoms with Gasteiger partial charge in [0.15, 0.2) is 0 Å². The van der Waals surface area contributed by atoms with Crippen molar-refractivity contribution in [2.24, 2.45) is 5.92 Å². The van der Waals surface area contributed by atoms with Gasteiger partial charge in [-0.3, -0.25) is 9.59 Å². The second kappa shape index (κ2) is 6.78. The van der Waals surface area contributed by atoms with E-state index in [0.717, 1.165) is 0 Å². The maximum atomic E-state index is 12.1. The highest BCUT2D eigenvalue weighted by Gasteiger charge is 2.19. The van der Waals surface area contributed by atoms with Crippen molar-refractivity contribution in [1.29, 1.82) is 0 Å². The zero-order chi connectivity index (χ0) is 14.4. The van der Waals surface area contributed by atoms with E-state index in [-0.39, 0.29) is 24.8 Å². The highest BCUT2D eigenvalue weighted by molar-refractivity contribution is 5.95. The number of carboxylic acid groups (broad SMARTS) is 1. The Kier molecular flexibility index (Phi) is 5.36. The summed E-state index contributed by atoms with van der Waals surface area (Å²) in [7, 11) is 1.57. The second-order valence-electron chi connectivity index (χ2n) is 4.49. The van der Waals surface area contributed by atoms with E-state index in [2.05, 4.69) is 0 Å². The maximum Gasteiger partial charge on any atom is 0.305 e. The van der Waals surface area contributed by atoms with Crippen LogP contribution in [0.15, 0.2) is 24.3 Å². The average molecular weight is 265 g/mol. The Morgan fingerprint density at radius 3 is 2.26 bits per heavy atom. The van der Waals surface area contributed by atoms with Crippen molar-refractivity contribution < 1.29 is 19.4 Å². The Labute approximate surface area is 112 Å². The number of amides is 1. The van der Waals surface area contributed by atoms with Crippen LogP contribution in [-0.2, 0) is 9.59 Å². The third-order valence-electron chi connectivity index (χ3n) is 2.69. The molecule has 0 aliphatic heterocycles. The number of carbonyl (C=O) groups excluding carboxylic acids is 1. The third-order valence-corrected chi connectivity index (χ3v) is 2.69. The third kappa shape index (κ3) is 4.28. The van der Waals surface area contributed by atoms with Crippen LogP contribution < -0.4 is 9.64 Å². The molecule has 1 N–H and O–H groups in total. The number of aliphatic carboxylic acids is 1. The molecule has 0 unspecified atom stereocenters. The molecule has 1 aromatic rings. The molecule has 1 aromatic carbocycles. The van der Waals surface area contributed by atoms with E-state index in [4.69, 9.17) is 9.84 Å². The van der Waals surface area contributed by atoms with Gasteiger partial charge in [0.05, 0.1) is 13.5 Å². The summed E-state index contributed by atoms with van der Waals surface area (Å²) in [4.78, 5) is 24.3. The minimum absolute atomic E-state index is 0.0789. The monoisotopic (exact) mass is 265 g/mol. The van der Waals surface area contributed by atoms with E-state index in [1.165, 1.54) is 4.90 Å². The fourth-order valence-electron chi connectivity index (χ4n) is 1.65. The number of benzene rings is 1. The summed E-state index contributed by atoms with van der Waals surface area (Å²) in [6, 6.07) is 7.00. The van der Waals surface area contributed by atoms with Crippen molar-refractivity contribution in [3.8, 4) is 5.75 Å². The molecule has 0 bridgehead atoms. The van der Waals surface area contributed by atoms with Gasteiger partial charge in [0.2, 0.25) is 5.91 Å². The van der Waals surface area contributed by atoms with Crippen LogP contribution in [0.2, 0.25) is 0 Å². The molecule has 104 valence electrons. The van der Waals surface area contributed by atoms with Crippen molar-refractivity contribution in [1.82, 2.24) is 0 Å². The molecule has 0 heterocycles. The summed E-state index contributed by atoms with van der Waals surface area (Å²) in [5, 5.41) is 8.75. The summed E-state index contributed by atoms with van der Waals surface area (Å²) < 4.78 is 5.06. The lowest BCUT2D eigenvalue weighted by molar-refractivity contribution is -0.136. The lowest BCUT2D eigenvalue weighted by atomic mass is 10.1. The van der Waals surface area contributed by atoms with Crippen molar-refractivity contribution in [2.75, 3.05) is 18.6 Å². The Hall–Kier alpha value is -2.04. The minimum atomic E-state index is -0.921. The highest BCUT2D eigenvalue weighted by atomic mass is 16.5. The van der Waals surface area contributed by atoms with Crippen molar-refractivity contribution in [3.63, 3.8) is 0 Å². The molecule has 0 radical (unpaired) electrons. The summed E-state index contributed by atoms with van der Waals surface area (Å²) in [5.41, 5.74) is 0.681. The van der Waals surface area contributed by atoms with Gasteiger partial charge in [-0.1, -0.05) is 13.8 Å².